The van der Waals surface area contributed by atoms with Crippen LogP contribution in [0.5, 0.6) is 0 Å². The van der Waals surface area contributed by atoms with Gasteiger partial charge in [-0.2, -0.15) is 5.26 Å². The van der Waals surface area contributed by atoms with E-state index in [-0.39, 0.29) is 0 Å². The molecule has 0 amide bonds. The van der Waals surface area contributed by atoms with Gasteiger partial charge in [-0.3, -0.25) is 0 Å². The highest BCUT2D eigenvalue weighted by Gasteiger charge is 2.15. The van der Waals surface area contributed by atoms with Crippen molar-refractivity contribution in [2.45, 2.75) is 33.2 Å². The summed E-state index contributed by atoms with van der Waals surface area (Å²) in [6, 6.07) is 4.47. The highest BCUT2D eigenvalue weighted by Crippen LogP contribution is 2.28. The van der Waals surface area contributed by atoms with E-state index in [4.69, 9.17) is 5.26 Å². The number of hydrogen-bond donors (Lipinski definition) is 0. The van der Waals surface area contributed by atoms with Crippen LogP contribution in [0.25, 0.3) is 0 Å². The summed E-state index contributed by atoms with van der Waals surface area (Å²) in [4.78, 5) is 6.52. The Morgan fingerprint density at radius 3 is 2.81 bits per heavy atom. The smallest absolute Gasteiger partial charge is 0.143 e. The van der Waals surface area contributed by atoms with Crippen molar-refractivity contribution in [3.8, 4) is 6.07 Å². The quantitative estimate of drug-likeness (QED) is 0.850. The topological polar surface area (TPSA) is 39.9 Å². The fourth-order valence-electron chi connectivity index (χ4n) is 1.51. The predicted octanol–water partition coefficient (Wildman–Crippen LogP) is 3.28. The molecule has 0 saturated heterocycles. The molecule has 0 N–H and O–H groups in total. The molecule has 1 aromatic heterocycles. The minimum atomic E-state index is 0.332. The molecule has 0 unspecified atom stereocenters. The summed E-state index contributed by atoms with van der Waals surface area (Å²) < 4.78 is 1.02. The maximum Gasteiger partial charge on any atom is 0.143 e. The third-order valence-electron chi connectivity index (χ3n) is 2.42. The van der Waals surface area contributed by atoms with Crippen LogP contribution in [0.1, 0.15) is 25.8 Å². The molecule has 16 heavy (non-hydrogen) atoms. The molecule has 0 aliphatic heterocycles. The first-order valence-corrected chi connectivity index (χ1v) is 6.12. The first-order valence-electron chi connectivity index (χ1n) is 5.32. The second-order valence-corrected chi connectivity index (χ2v) is 4.75. The van der Waals surface area contributed by atoms with E-state index in [0.29, 0.717) is 19.0 Å². The second kappa shape index (κ2) is 5.86. The van der Waals surface area contributed by atoms with E-state index >= 15 is 0 Å². The lowest BCUT2D eigenvalue weighted by Crippen LogP contribution is -2.32. The maximum atomic E-state index is 8.66. The Kier molecular flexibility index (Phi) is 4.75. The van der Waals surface area contributed by atoms with Crippen LogP contribution in [0.15, 0.2) is 16.7 Å². The minimum absolute atomic E-state index is 0.332. The predicted molar refractivity (Wildman–Crippen MR) is 69.4 cm³/mol. The first-order chi connectivity index (χ1) is 7.57. The van der Waals surface area contributed by atoms with Crippen LogP contribution >= 0.6 is 15.9 Å². The number of nitriles is 1. The third-order valence-corrected chi connectivity index (χ3v) is 3.40. The average Bonchev–Trinajstić information content (AvgIpc) is 2.24. The normalized spacial score (nSPS) is 10.2. The zero-order valence-corrected chi connectivity index (χ0v) is 11.5. The summed E-state index contributed by atoms with van der Waals surface area (Å²) in [6.07, 6.45) is 2.32. The van der Waals surface area contributed by atoms with Gasteiger partial charge in [-0.15, -0.1) is 0 Å². The van der Waals surface area contributed by atoms with Crippen molar-refractivity contribution < 1.29 is 0 Å². The first kappa shape index (κ1) is 13.0. The number of aryl methyl sites for hydroxylation is 1. The lowest BCUT2D eigenvalue weighted by Gasteiger charge is -2.28. The van der Waals surface area contributed by atoms with E-state index in [1.54, 1.807) is 6.20 Å². The van der Waals surface area contributed by atoms with Crippen LogP contribution < -0.4 is 4.90 Å². The minimum Gasteiger partial charge on any atom is -0.352 e. The Labute approximate surface area is 105 Å². The Bertz CT molecular complexity index is 396. The van der Waals surface area contributed by atoms with Crippen LogP contribution in [0.3, 0.4) is 0 Å². The number of pyridine rings is 1. The number of halogens is 1. The molecule has 4 heteroatoms. The molecule has 3 nitrogen and oxygen atoms in total. The largest absolute Gasteiger partial charge is 0.352 e. The van der Waals surface area contributed by atoms with Gasteiger partial charge in [0.15, 0.2) is 0 Å². The number of aromatic nitrogens is 1. The number of anilines is 1. The highest BCUT2D eigenvalue weighted by atomic mass is 79.9. The fraction of sp³-hybridized carbons (Fsp3) is 0.500. The zero-order valence-electron chi connectivity index (χ0n) is 9.87. The molecule has 0 saturated carbocycles. The lowest BCUT2D eigenvalue weighted by atomic mass is 10.2. The highest BCUT2D eigenvalue weighted by molar-refractivity contribution is 9.10. The summed E-state index contributed by atoms with van der Waals surface area (Å²) in [7, 11) is 0. The maximum absolute atomic E-state index is 8.66. The second-order valence-electron chi connectivity index (χ2n) is 3.96. The molecule has 86 valence electrons. The average molecular weight is 282 g/mol. The van der Waals surface area contributed by atoms with Crippen molar-refractivity contribution in [2.24, 2.45) is 0 Å². The summed E-state index contributed by atoms with van der Waals surface area (Å²) >= 11 is 3.55. The zero-order chi connectivity index (χ0) is 12.1. The SMILES string of the molecule is Cc1ccnc(N(CCC#N)C(C)C)c1Br. The lowest BCUT2D eigenvalue weighted by molar-refractivity contribution is 0.675. The summed E-state index contributed by atoms with van der Waals surface area (Å²) in [6.45, 7) is 6.96. The van der Waals surface area contributed by atoms with Gasteiger partial charge in [-0.1, -0.05) is 0 Å². The Morgan fingerprint density at radius 2 is 2.25 bits per heavy atom. The third kappa shape index (κ3) is 2.96. The van der Waals surface area contributed by atoms with Gasteiger partial charge < -0.3 is 4.90 Å². The van der Waals surface area contributed by atoms with Gasteiger partial charge >= 0.3 is 0 Å². The van der Waals surface area contributed by atoms with Crippen molar-refractivity contribution in [2.75, 3.05) is 11.4 Å². The number of nitrogens with zero attached hydrogens (tertiary/aromatic N) is 3. The molecule has 0 spiro atoms. The van der Waals surface area contributed by atoms with Gasteiger partial charge in [0.2, 0.25) is 0 Å². The van der Waals surface area contributed by atoms with Crippen molar-refractivity contribution in [1.29, 1.82) is 5.26 Å². The Balaban J connectivity index is 3.02. The van der Waals surface area contributed by atoms with E-state index in [2.05, 4.69) is 45.7 Å². The number of rotatable bonds is 4. The van der Waals surface area contributed by atoms with E-state index in [9.17, 15) is 0 Å². The molecule has 1 aromatic rings. The summed E-state index contributed by atoms with van der Waals surface area (Å²) in [5, 5.41) is 8.66. The fourth-order valence-corrected chi connectivity index (χ4v) is 1.97. The van der Waals surface area contributed by atoms with Crippen LogP contribution in [0.4, 0.5) is 5.82 Å². The van der Waals surface area contributed by atoms with Crippen LogP contribution in [0.2, 0.25) is 0 Å². The van der Waals surface area contributed by atoms with Crippen LogP contribution in [0, 0.1) is 18.3 Å². The van der Waals surface area contributed by atoms with Crippen molar-refractivity contribution in [3.05, 3.63) is 22.3 Å². The summed E-state index contributed by atoms with van der Waals surface area (Å²) in [5.41, 5.74) is 1.16. The summed E-state index contributed by atoms with van der Waals surface area (Å²) in [5.74, 6) is 0.922. The molecular formula is C12H16BrN3. The monoisotopic (exact) mass is 281 g/mol. The standard InChI is InChI=1S/C12H16BrN3/c1-9(2)16(8-4-6-14)12-11(13)10(3)5-7-15-12/h5,7,9H,4,8H2,1-3H3. The van der Waals surface area contributed by atoms with Crippen LogP contribution in [-0.2, 0) is 0 Å². The van der Waals surface area contributed by atoms with Crippen molar-refractivity contribution in [3.63, 3.8) is 0 Å². The van der Waals surface area contributed by atoms with E-state index < -0.39 is 0 Å². The van der Waals surface area contributed by atoms with Crippen molar-refractivity contribution in [1.82, 2.24) is 4.98 Å². The molecule has 0 radical (unpaired) electrons. The molecule has 0 atom stereocenters. The molecule has 0 bridgehead atoms. The van der Waals surface area contributed by atoms with Gasteiger partial charge in [-0.25, -0.2) is 4.98 Å². The molecule has 0 aliphatic rings. The van der Waals surface area contributed by atoms with Gasteiger partial charge in [0.1, 0.15) is 5.82 Å². The molecule has 0 aliphatic carbocycles. The molecular weight excluding hydrogens is 266 g/mol. The van der Waals surface area contributed by atoms with Gasteiger partial charge in [0, 0.05) is 18.8 Å². The molecule has 0 fully saturated rings. The number of hydrogen-bond acceptors (Lipinski definition) is 3. The van der Waals surface area contributed by atoms with E-state index in [0.717, 1.165) is 15.9 Å². The van der Waals surface area contributed by atoms with Gasteiger partial charge in [0.05, 0.1) is 17.0 Å². The van der Waals surface area contributed by atoms with Crippen LogP contribution in [-0.4, -0.2) is 17.6 Å². The van der Waals surface area contributed by atoms with Gasteiger partial charge in [-0.05, 0) is 48.3 Å². The molecule has 0 aromatic carbocycles. The Morgan fingerprint density at radius 1 is 1.56 bits per heavy atom. The van der Waals surface area contributed by atoms with E-state index in [1.807, 2.05) is 13.0 Å². The molecule has 1 rings (SSSR count). The van der Waals surface area contributed by atoms with Gasteiger partial charge in [0.25, 0.3) is 0 Å². The Hall–Kier alpha value is -1.08. The van der Waals surface area contributed by atoms with E-state index in [1.165, 1.54) is 0 Å². The van der Waals surface area contributed by atoms with Crippen molar-refractivity contribution >= 4 is 21.7 Å². The molecule has 1 heterocycles.